The van der Waals surface area contributed by atoms with Gasteiger partial charge in [0.05, 0.1) is 0 Å². The highest BCUT2D eigenvalue weighted by Gasteiger charge is 2.46. The van der Waals surface area contributed by atoms with Gasteiger partial charge in [-0.25, -0.2) is 0 Å². The number of ketones is 1. The van der Waals surface area contributed by atoms with Gasteiger partial charge in [0.15, 0.2) is 5.60 Å². The molecule has 1 unspecified atom stereocenters. The van der Waals surface area contributed by atoms with Gasteiger partial charge in [-0.1, -0.05) is 56.1 Å². The normalized spacial score (nSPS) is 20.8. The van der Waals surface area contributed by atoms with Crippen molar-refractivity contribution in [2.24, 2.45) is 0 Å². The van der Waals surface area contributed by atoms with E-state index in [4.69, 9.17) is 4.74 Å². The molecule has 0 bridgehead atoms. The number of carbonyl (C=O) groups excluding carboxylic acids is 1. The summed E-state index contributed by atoms with van der Waals surface area (Å²) in [4.78, 5) is 12.9. The Bertz CT molecular complexity index is 1120. The number of fused-ring (bicyclic) bond motifs is 5. The van der Waals surface area contributed by atoms with Crippen LogP contribution < -0.4 is 4.74 Å². The van der Waals surface area contributed by atoms with Crippen molar-refractivity contribution in [3.05, 3.63) is 80.2 Å². The third kappa shape index (κ3) is 2.32. The Hall–Kier alpha value is -1.91. The summed E-state index contributed by atoms with van der Waals surface area (Å²) in [5.41, 5.74) is 2.25. The summed E-state index contributed by atoms with van der Waals surface area (Å²) in [6.45, 7) is 0. The first-order valence-corrected chi connectivity index (χ1v) is 10.1. The summed E-state index contributed by atoms with van der Waals surface area (Å²) in [6.07, 6.45) is 4.98. The Morgan fingerprint density at radius 3 is 2.62 bits per heavy atom. The first kappa shape index (κ1) is 16.3. The number of benzene rings is 3. The Morgan fingerprint density at radius 1 is 0.923 bits per heavy atom. The molecular formula is C22H14Br2O2. The van der Waals surface area contributed by atoms with Crippen LogP contribution >= 0.6 is 31.9 Å². The highest BCUT2D eigenvalue weighted by Crippen LogP contribution is 2.46. The fourth-order valence-corrected chi connectivity index (χ4v) is 4.83. The molecule has 0 N–H and O–H groups in total. The van der Waals surface area contributed by atoms with Crippen molar-refractivity contribution >= 4 is 54.5 Å². The van der Waals surface area contributed by atoms with E-state index in [1.807, 2.05) is 36.4 Å². The van der Waals surface area contributed by atoms with Gasteiger partial charge >= 0.3 is 0 Å². The van der Waals surface area contributed by atoms with Gasteiger partial charge in [0.25, 0.3) is 0 Å². The van der Waals surface area contributed by atoms with E-state index in [1.54, 1.807) is 6.08 Å². The van der Waals surface area contributed by atoms with Crippen LogP contribution in [-0.2, 0) is 16.8 Å². The zero-order chi connectivity index (χ0) is 17.9. The molecule has 0 saturated carbocycles. The van der Waals surface area contributed by atoms with E-state index in [1.165, 1.54) is 16.3 Å². The summed E-state index contributed by atoms with van der Waals surface area (Å²) in [5.74, 6) is 0.831. The van der Waals surface area contributed by atoms with Gasteiger partial charge in [-0.05, 0) is 59.2 Å². The summed E-state index contributed by atoms with van der Waals surface area (Å²) in [7, 11) is 0. The molecule has 0 fully saturated rings. The monoisotopic (exact) mass is 468 g/mol. The Balaban J connectivity index is 1.68. The van der Waals surface area contributed by atoms with Crippen LogP contribution in [0.2, 0.25) is 0 Å². The minimum absolute atomic E-state index is 0.0221. The quantitative estimate of drug-likeness (QED) is 0.392. The van der Waals surface area contributed by atoms with E-state index in [0.717, 1.165) is 32.2 Å². The maximum absolute atomic E-state index is 12.9. The largest absolute Gasteiger partial charge is 0.474 e. The van der Waals surface area contributed by atoms with Crippen LogP contribution in [-0.4, -0.2) is 5.78 Å². The molecule has 1 heterocycles. The summed E-state index contributed by atoms with van der Waals surface area (Å²) in [5, 5.41) is 2.37. The maximum Gasteiger partial charge on any atom is 0.203 e. The second-order valence-electron chi connectivity index (χ2n) is 6.77. The first-order valence-electron chi connectivity index (χ1n) is 8.49. The van der Waals surface area contributed by atoms with Gasteiger partial charge in [0.1, 0.15) is 5.75 Å². The Labute approximate surface area is 168 Å². The average Bonchev–Trinajstić information content (AvgIpc) is 2.64. The lowest BCUT2D eigenvalue weighted by atomic mass is 9.76. The van der Waals surface area contributed by atoms with Crippen LogP contribution in [0.3, 0.4) is 0 Å². The van der Waals surface area contributed by atoms with Gasteiger partial charge in [0, 0.05) is 26.5 Å². The van der Waals surface area contributed by atoms with Crippen LogP contribution in [0.5, 0.6) is 5.75 Å². The predicted molar refractivity (Wildman–Crippen MR) is 110 cm³/mol. The molecule has 1 spiro atoms. The van der Waals surface area contributed by atoms with Crippen molar-refractivity contribution in [3.63, 3.8) is 0 Å². The molecule has 1 aliphatic carbocycles. The second kappa shape index (κ2) is 5.80. The maximum atomic E-state index is 12.9. The Morgan fingerprint density at radius 2 is 1.73 bits per heavy atom. The van der Waals surface area contributed by atoms with Crippen molar-refractivity contribution in [1.82, 2.24) is 0 Å². The molecule has 0 saturated heterocycles. The van der Waals surface area contributed by atoms with Crippen molar-refractivity contribution in [2.45, 2.75) is 18.4 Å². The van der Waals surface area contributed by atoms with Gasteiger partial charge < -0.3 is 4.74 Å². The van der Waals surface area contributed by atoms with E-state index in [9.17, 15) is 4.79 Å². The molecule has 2 nitrogen and oxygen atoms in total. The predicted octanol–water partition coefficient (Wildman–Crippen LogP) is 6.18. The molecule has 2 aliphatic rings. The number of hydrogen-bond acceptors (Lipinski definition) is 2. The second-order valence-corrected chi connectivity index (χ2v) is 8.60. The molecule has 3 aromatic rings. The smallest absolute Gasteiger partial charge is 0.203 e. The van der Waals surface area contributed by atoms with Crippen molar-refractivity contribution in [1.29, 1.82) is 0 Å². The molecule has 0 aromatic heterocycles. The fraction of sp³-hybridized carbons (Fsp3) is 0.136. The summed E-state index contributed by atoms with van der Waals surface area (Å²) >= 11 is 7.04. The lowest BCUT2D eigenvalue weighted by molar-refractivity contribution is -0.132. The van der Waals surface area contributed by atoms with Crippen molar-refractivity contribution in [3.8, 4) is 5.75 Å². The number of rotatable bonds is 0. The van der Waals surface area contributed by atoms with E-state index in [-0.39, 0.29) is 5.78 Å². The third-order valence-electron chi connectivity index (χ3n) is 5.32. The van der Waals surface area contributed by atoms with Gasteiger partial charge in [-0.2, -0.15) is 0 Å². The molecule has 26 heavy (non-hydrogen) atoms. The molecular weight excluding hydrogens is 456 g/mol. The molecule has 128 valence electrons. The fourth-order valence-electron chi connectivity index (χ4n) is 4.07. The highest BCUT2D eigenvalue weighted by atomic mass is 79.9. The molecule has 5 rings (SSSR count). The van der Waals surface area contributed by atoms with Crippen LogP contribution in [0.1, 0.15) is 23.1 Å². The average molecular weight is 470 g/mol. The minimum Gasteiger partial charge on any atom is -0.474 e. The molecule has 4 heteroatoms. The molecule has 3 aromatic carbocycles. The molecule has 0 radical (unpaired) electrons. The third-order valence-corrected chi connectivity index (χ3v) is 6.31. The van der Waals surface area contributed by atoms with Crippen LogP contribution in [0, 0.1) is 0 Å². The lowest BCUT2D eigenvalue weighted by Gasteiger charge is -2.40. The molecule has 1 aliphatic heterocycles. The summed E-state index contributed by atoms with van der Waals surface area (Å²) in [6, 6.07) is 16.4. The molecule has 1 atom stereocenters. The first-order chi connectivity index (χ1) is 12.6. The van der Waals surface area contributed by atoms with Crippen molar-refractivity contribution < 1.29 is 9.53 Å². The number of hydrogen-bond donors (Lipinski definition) is 0. The number of ether oxygens (including phenoxy) is 1. The van der Waals surface area contributed by atoms with Crippen LogP contribution in [0.4, 0.5) is 0 Å². The SMILES string of the molecule is O=C1C=Cc2cc(Br)ccc2C12CCc1c(ccc3cc(Br)ccc13)O2. The molecule has 0 amide bonds. The highest BCUT2D eigenvalue weighted by molar-refractivity contribution is 9.10. The zero-order valence-corrected chi connectivity index (χ0v) is 16.9. The van der Waals surface area contributed by atoms with Gasteiger partial charge in [0.2, 0.25) is 5.78 Å². The van der Waals surface area contributed by atoms with E-state index in [2.05, 4.69) is 50.1 Å². The number of aryl methyl sites for hydroxylation is 1. The van der Waals surface area contributed by atoms with Gasteiger partial charge in [-0.15, -0.1) is 0 Å². The lowest BCUT2D eigenvalue weighted by Crippen LogP contribution is -2.45. The number of halogens is 2. The standard InChI is InChI=1S/C22H14Br2O2/c23-15-3-5-17-13(11-15)1-7-20-18(17)9-10-22(26-20)19-6-4-16(24)12-14(19)2-8-21(22)25/h1-8,11-12H,9-10H2. The zero-order valence-electron chi connectivity index (χ0n) is 13.8. The van der Waals surface area contributed by atoms with E-state index >= 15 is 0 Å². The van der Waals surface area contributed by atoms with Gasteiger partial charge in [-0.3, -0.25) is 4.79 Å². The van der Waals surface area contributed by atoms with Crippen LogP contribution in [0.15, 0.2) is 63.6 Å². The van der Waals surface area contributed by atoms with Crippen LogP contribution in [0.25, 0.3) is 16.8 Å². The van der Waals surface area contributed by atoms with Crippen molar-refractivity contribution in [2.75, 3.05) is 0 Å². The topological polar surface area (TPSA) is 26.3 Å². The minimum atomic E-state index is -0.916. The summed E-state index contributed by atoms with van der Waals surface area (Å²) < 4.78 is 8.51. The Kier molecular flexibility index (Phi) is 3.63. The van der Waals surface area contributed by atoms with E-state index < -0.39 is 5.60 Å². The number of carbonyl (C=O) groups is 1. The van der Waals surface area contributed by atoms with E-state index in [0.29, 0.717) is 6.42 Å².